The minimum Gasteiger partial charge on any atom is -0.394 e. The highest BCUT2D eigenvalue weighted by atomic mass is 16.3. The molecule has 3 nitrogen and oxygen atoms in total. The van der Waals surface area contributed by atoms with Crippen molar-refractivity contribution < 1.29 is 5.11 Å². The van der Waals surface area contributed by atoms with Crippen molar-refractivity contribution in [1.29, 1.82) is 0 Å². The molecule has 0 aromatic carbocycles. The van der Waals surface area contributed by atoms with Crippen LogP contribution in [0.15, 0.2) is 0 Å². The minimum absolute atomic E-state index is 0.110. The van der Waals surface area contributed by atoms with E-state index in [0.717, 1.165) is 37.8 Å². The first kappa shape index (κ1) is 17.9. The highest BCUT2D eigenvalue weighted by Gasteiger charge is 2.25. The fourth-order valence-electron chi connectivity index (χ4n) is 3.17. The van der Waals surface area contributed by atoms with E-state index in [1.807, 2.05) is 0 Å². The van der Waals surface area contributed by atoms with E-state index in [9.17, 15) is 5.11 Å². The number of hydrogen-bond donors (Lipinski definition) is 2. The fraction of sp³-hybridized carbons (Fsp3) is 1.00. The van der Waals surface area contributed by atoms with Crippen LogP contribution in [-0.4, -0.2) is 41.3 Å². The monoisotopic (exact) mass is 284 g/mol. The summed E-state index contributed by atoms with van der Waals surface area (Å²) >= 11 is 0. The van der Waals surface area contributed by atoms with E-state index >= 15 is 0 Å². The van der Waals surface area contributed by atoms with Crippen LogP contribution < -0.4 is 5.73 Å². The van der Waals surface area contributed by atoms with E-state index in [2.05, 4.69) is 25.7 Å². The Balaban J connectivity index is 2.39. The molecule has 0 aromatic rings. The normalized spacial score (nSPS) is 19.9. The molecular weight excluding hydrogens is 248 g/mol. The second-order valence-electron chi connectivity index (χ2n) is 7.13. The van der Waals surface area contributed by atoms with Crippen molar-refractivity contribution in [3.63, 3.8) is 0 Å². The van der Waals surface area contributed by atoms with Crippen LogP contribution in [0.1, 0.15) is 72.1 Å². The third-order valence-corrected chi connectivity index (χ3v) is 4.97. The van der Waals surface area contributed by atoms with Crippen LogP contribution in [-0.2, 0) is 0 Å². The number of aliphatic hydroxyl groups excluding tert-OH is 1. The van der Waals surface area contributed by atoms with Crippen LogP contribution in [0.3, 0.4) is 0 Å². The van der Waals surface area contributed by atoms with Gasteiger partial charge in [-0.15, -0.1) is 0 Å². The molecule has 0 aromatic heterocycles. The molecule has 0 aliphatic heterocycles. The number of hydrogen-bond acceptors (Lipinski definition) is 3. The molecule has 0 radical (unpaired) electrons. The minimum atomic E-state index is -0.362. The Morgan fingerprint density at radius 2 is 1.90 bits per heavy atom. The SMILES string of the molecule is CCC(N)(CO)CCCN(CCC(C)C)C1CCCC1. The number of nitrogens with zero attached hydrogens (tertiary/aromatic N) is 1. The molecule has 1 fully saturated rings. The summed E-state index contributed by atoms with van der Waals surface area (Å²) in [5.74, 6) is 0.778. The highest BCUT2D eigenvalue weighted by molar-refractivity contribution is 4.83. The fourth-order valence-corrected chi connectivity index (χ4v) is 3.17. The van der Waals surface area contributed by atoms with Crippen LogP contribution in [0.2, 0.25) is 0 Å². The van der Waals surface area contributed by atoms with E-state index in [-0.39, 0.29) is 12.1 Å². The van der Waals surface area contributed by atoms with Crippen molar-refractivity contribution >= 4 is 0 Å². The molecule has 1 unspecified atom stereocenters. The number of rotatable bonds is 10. The Hall–Kier alpha value is -0.120. The van der Waals surface area contributed by atoms with Crippen LogP contribution in [0.4, 0.5) is 0 Å². The van der Waals surface area contributed by atoms with Crippen LogP contribution in [0.5, 0.6) is 0 Å². The van der Waals surface area contributed by atoms with Crippen molar-refractivity contribution in [3.8, 4) is 0 Å². The van der Waals surface area contributed by atoms with E-state index in [1.54, 1.807) is 0 Å². The molecular formula is C17H36N2O. The zero-order valence-corrected chi connectivity index (χ0v) is 13.9. The van der Waals surface area contributed by atoms with Gasteiger partial charge in [-0.05, 0) is 57.5 Å². The molecule has 20 heavy (non-hydrogen) atoms. The van der Waals surface area contributed by atoms with E-state index in [4.69, 9.17) is 5.73 Å². The lowest BCUT2D eigenvalue weighted by molar-refractivity contribution is 0.154. The van der Waals surface area contributed by atoms with Crippen molar-refractivity contribution in [2.45, 2.75) is 83.7 Å². The van der Waals surface area contributed by atoms with Gasteiger partial charge in [0, 0.05) is 11.6 Å². The van der Waals surface area contributed by atoms with Gasteiger partial charge in [0.25, 0.3) is 0 Å². The van der Waals surface area contributed by atoms with Gasteiger partial charge in [-0.3, -0.25) is 0 Å². The molecule has 3 heteroatoms. The Bertz CT molecular complexity index is 245. The van der Waals surface area contributed by atoms with E-state index in [0.29, 0.717) is 0 Å². The predicted octanol–water partition coefficient (Wildman–Crippen LogP) is 3.16. The summed E-state index contributed by atoms with van der Waals surface area (Å²) in [5, 5.41) is 9.40. The standard InChI is InChI=1S/C17H36N2O/c1-4-17(18,14-20)11-7-12-19(13-10-15(2)3)16-8-5-6-9-16/h15-16,20H,4-14,18H2,1-3H3. The van der Waals surface area contributed by atoms with Crippen molar-refractivity contribution in [1.82, 2.24) is 4.90 Å². The molecule has 1 aliphatic carbocycles. The summed E-state index contributed by atoms with van der Waals surface area (Å²) in [5.41, 5.74) is 5.83. The quantitative estimate of drug-likeness (QED) is 0.648. The van der Waals surface area contributed by atoms with Gasteiger partial charge in [0.2, 0.25) is 0 Å². The van der Waals surface area contributed by atoms with Gasteiger partial charge >= 0.3 is 0 Å². The molecule has 0 spiro atoms. The molecule has 3 N–H and O–H groups in total. The van der Waals surface area contributed by atoms with Crippen molar-refractivity contribution in [2.24, 2.45) is 11.7 Å². The Morgan fingerprint density at radius 3 is 2.40 bits per heavy atom. The summed E-state index contributed by atoms with van der Waals surface area (Å²) in [4.78, 5) is 2.69. The summed E-state index contributed by atoms with van der Waals surface area (Å²) in [6.07, 6.45) is 9.74. The lowest BCUT2D eigenvalue weighted by Crippen LogP contribution is -2.44. The van der Waals surface area contributed by atoms with Gasteiger partial charge in [-0.1, -0.05) is 33.6 Å². The first-order valence-electron chi connectivity index (χ1n) is 8.64. The maximum absolute atomic E-state index is 9.40. The maximum Gasteiger partial charge on any atom is 0.0611 e. The number of nitrogens with two attached hydrogens (primary N) is 1. The predicted molar refractivity (Wildman–Crippen MR) is 86.8 cm³/mol. The van der Waals surface area contributed by atoms with Crippen LogP contribution >= 0.6 is 0 Å². The lowest BCUT2D eigenvalue weighted by atomic mass is 9.92. The third kappa shape index (κ3) is 6.11. The van der Waals surface area contributed by atoms with Gasteiger partial charge in [0.1, 0.15) is 0 Å². The molecule has 0 bridgehead atoms. The summed E-state index contributed by atoms with van der Waals surface area (Å²) in [6.45, 7) is 9.17. The molecule has 0 heterocycles. The van der Waals surface area contributed by atoms with Gasteiger partial charge < -0.3 is 15.7 Å². The Labute approximate surface area is 125 Å². The molecule has 1 rings (SSSR count). The average Bonchev–Trinajstić information content (AvgIpc) is 2.96. The van der Waals surface area contributed by atoms with Crippen molar-refractivity contribution in [2.75, 3.05) is 19.7 Å². The topological polar surface area (TPSA) is 49.5 Å². The largest absolute Gasteiger partial charge is 0.394 e. The molecule has 0 amide bonds. The highest BCUT2D eigenvalue weighted by Crippen LogP contribution is 2.25. The molecule has 120 valence electrons. The van der Waals surface area contributed by atoms with Gasteiger partial charge in [0.15, 0.2) is 0 Å². The lowest BCUT2D eigenvalue weighted by Gasteiger charge is -2.32. The van der Waals surface area contributed by atoms with Gasteiger partial charge in [-0.25, -0.2) is 0 Å². The number of aliphatic hydroxyl groups is 1. The smallest absolute Gasteiger partial charge is 0.0611 e. The maximum atomic E-state index is 9.40. The third-order valence-electron chi connectivity index (χ3n) is 4.97. The molecule has 1 saturated carbocycles. The van der Waals surface area contributed by atoms with E-state index in [1.165, 1.54) is 38.6 Å². The van der Waals surface area contributed by atoms with Gasteiger partial charge in [0.05, 0.1) is 6.61 Å². The zero-order chi connectivity index (χ0) is 15.0. The Morgan fingerprint density at radius 1 is 1.25 bits per heavy atom. The molecule has 1 aliphatic rings. The first-order valence-corrected chi connectivity index (χ1v) is 8.64. The van der Waals surface area contributed by atoms with Crippen molar-refractivity contribution in [3.05, 3.63) is 0 Å². The van der Waals surface area contributed by atoms with E-state index < -0.39 is 0 Å². The van der Waals surface area contributed by atoms with Crippen LogP contribution in [0, 0.1) is 5.92 Å². The average molecular weight is 284 g/mol. The Kier molecular flexibility index (Phi) is 8.08. The first-order chi connectivity index (χ1) is 9.50. The van der Waals surface area contributed by atoms with Gasteiger partial charge in [-0.2, -0.15) is 0 Å². The summed E-state index contributed by atoms with van der Waals surface area (Å²) in [7, 11) is 0. The summed E-state index contributed by atoms with van der Waals surface area (Å²) < 4.78 is 0. The second kappa shape index (κ2) is 9.01. The summed E-state index contributed by atoms with van der Waals surface area (Å²) in [6, 6.07) is 0.802. The molecule has 1 atom stereocenters. The van der Waals surface area contributed by atoms with Crippen LogP contribution in [0.25, 0.3) is 0 Å². The molecule has 0 saturated heterocycles. The second-order valence-corrected chi connectivity index (χ2v) is 7.13. The zero-order valence-electron chi connectivity index (χ0n) is 13.9.